The van der Waals surface area contributed by atoms with E-state index in [-0.39, 0.29) is 12.4 Å². The number of pyridine rings is 1. The molecular formula is C12H13FN2O2. The molecule has 90 valence electrons. The highest BCUT2D eigenvalue weighted by Gasteiger charge is 2.14. The second-order valence-corrected chi connectivity index (χ2v) is 3.38. The lowest BCUT2D eigenvalue weighted by Gasteiger charge is -2.05. The Bertz CT molecular complexity index is 511. The van der Waals surface area contributed by atoms with Crippen molar-refractivity contribution in [2.75, 3.05) is 6.61 Å². The van der Waals surface area contributed by atoms with Crippen LogP contribution in [0.5, 0.6) is 5.88 Å². The summed E-state index contributed by atoms with van der Waals surface area (Å²) >= 11 is 0. The van der Waals surface area contributed by atoms with Crippen molar-refractivity contribution < 1.29 is 13.5 Å². The molecule has 0 aromatic carbocycles. The summed E-state index contributed by atoms with van der Waals surface area (Å²) in [6.45, 7) is 2.41. The Labute approximate surface area is 98.2 Å². The normalized spacial score (nSPS) is 10.5. The summed E-state index contributed by atoms with van der Waals surface area (Å²) in [6, 6.07) is 4.93. The summed E-state index contributed by atoms with van der Waals surface area (Å²) in [5.74, 6) is 0.489. The van der Waals surface area contributed by atoms with E-state index in [0.29, 0.717) is 23.7 Å². The molecule has 5 heteroatoms. The molecule has 2 rings (SSSR count). The monoisotopic (exact) mass is 236 g/mol. The molecule has 2 heterocycles. The molecule has 2 aromatic rings. The van der Waals surface area contributed by atoms with Crippen LogP contribution in [0.3, 0.4) is 0 Å². The largest absolute Gasteiger partial charge is 0.476 e. The van der Waals surface area contributed by atoms with Gasteiger partial charge >= 0.3 is 0 Å². The molecule has 0 aliphatic heterocycles. The third-order valence-corrected chi connectivity index (χ3v) is 2.27. The lowest BCUT2D eigenvalue weighted by atomic mass is 10.2. The summed E-state index contributed by atoms with van der Waals surface area (Å²) in [5.41, 5.74) is 5.75. The van der Waals surface area contributed by atoms with Crippen LogP contribution in [0.25, 0.3) is 11.3 Å². The number of furan rings is 1. The van der Waals surface area contributed by atoms with Gasteiger partial charge in [-0.25, -0.2) is 9.37 Å². The zero-order valence-corrected chi connectivity index (χ0v) is 9.44. The van der Waals surface area contributed by atoms with Crippen molar-refractivity contribution in [2.45, 2.75) is 13.5 Å². The van der Waals surface area contributed by atoms with Gasteiger partial charge in [0.2, 0.25) is 0 Å². The molecule has 17 heavy (non-hydrogen) atoms. The Morgan fingerprint density at radius 2 is 2.24 bits per heavy atom. The first-order chi connectivity index (χ1) is 8.26. The number of nitrogens with zero attached hydrogens (tertiary/aromatic N) is 1. The minimum absolute atomic E-state index is 0.0179. The van der Waals surface area contributed by atoms with E-state index in [1.807, 2.05) is 0 Å². The van der Waals surface area contributed by atoms with Gasteiger partial charge in [0.05, 0.1) is 18.7 Å². The van der Waals surface area contributed by atoms with Crippen LogP contribution in [0.1, 0.15) is 12.7 Å². The highest BCUT2D eigenvalue weighted by atomic mass is 19.1. The van der Waals surface area contributed by atoms with E-state index < -0.39 is 5.82 Å². The highest BCUT2D eigenvalue weighted by molar-refractivity contribution is 5.59. The van der Waals surface area contributed by atoms with E-state index in [1.54, 1.807) is 19.1 Å². The number of halogens is 1. The van der Waals surface area contributed by atoms with Crippen LogP contribution in [0, 0.1) is 5.82 Å². The van der Waals surface area contributed by atoms with E-state index in [2.05, 4.69) is 4.98 Å². The van der Waals surface area contributed by atoms with Gasteiger partial charge in [0.1, 0.15) is 11.5 Å². The fourth-order valence-corrected chi connectivity index (χ4v) is 1.48. The Morgan fingerprint density at radius 1 is 1.41 bits per heavy atom. The average molecular weight is 236 g/mol. The third-order valence-electron chi connectivity index (χ3n) is 2.27. The lowest BCUT2D eigenvalue weighted by Crippen LogP contribution is -1.98. The van der Waals surface area contributed by atoms with Crippen LogP contribution >= 0.6 is 0 Å². The van der Waals surface area contributed by atoms with Gasteiger partial charge in [-0.15, -0.1) is 0 Å². The molecule has 0 amide bonds. The average Bonchev–Trinajstić information content (AvgIpc) is 2.80. The van der Waals surface area contributed by atoms with Crippen LogP contribution in [0.15, 0.2) is 28.8 Å². The van der Waals surface area contributed by atoms with Crippen molar-refractivity contribution in [1.29, 1.82) is 0 Å². The first-order valence-corrected chi connectivity index (χ1v) is 5.32. The summed E-state index contributed by atoms with van der Waals surface area (Å²) < 4.78 is 24.4. The predicted octanol–water partition coefficient (Wildman–Crippen LogP) is 2.34. The van der Waals surface area contributed by atoms with Gasteiger partial charge < -0.3 is 14.9 Å². The summed E-state index contributed by atoms with van der Waals surface area (Å²) in [4.78, 5) is 3.82. The van der Waals surface area contributed by atoms with Crippen molar-refractivity contribution in [2.24, 2.45) is 5.73 Å². The maximum Gasteiger partial charge on any atom is 0.251 e. The summed E-state index contributed by atoms with van der Waals surface area (Å²) in [5, 5.41) is 0. The van der Waals surface area contributed by atoms with Crippen LogP contribution in [-0.4, -0.2) is 11.6 Å². The second-order valence-electron chi connectivity index (χ2n) is 3.38. The maximum atomic E-state index is 14.0. The standard InChI is InChI=1S/C12H13FN2O2/c1-2-16-12-11(13)9(5-6-15-12)10-4-3-8(7-14)17-10/h3-6H,2,7,14H2,1H3. The molecule has 0 saturated heterocycles. The third kappa shape index (κ3) is 2.29. The number of hydrogen-bond acceptors (Lipinski definition) is 4. The zero-order valence-electron chi connectivity index (χ0n) is 9.44. The van der Waals surface area contributed by atoms with Gasteiger partial charge in [0, 0.05) is 6.20 Å². The van der Waals surface area contributed by atoms with Crippen LogP contribution < -0.4 is 10.5 Å². The molecule has 2 aromatic heterocycles. The number of ether oxygens (including phenoxy) is 1. The Kier molecular flexibility index (Phi) is 3.39. The number of rotatable bonds is 4. The molecule has 0 unspecified atom stereocenters. The topological polar surface area (TPSA) is 61.3 Å². The van der Waals surface area contributed by atoms with E-state index in [0.717, 1.165) is 0 Å². The van der Waals surface area contributed by atoms with Gasteiger partial charge in [-0.1, -0.05) is 0 Å². The molecule has 0 fully saturated rings. The van der Waals surface area contributed by atoms with Crippen LogP contribution in [0.2, 0.25) is 0 Å². The van der Waals surface area contributed by atoms with Gasteiger partial charge in [-0.3, -0.25) is 0 Å². The predicted molar refractivity (Wildman–Crippen MR) is 61.0 cm³/mol. The molecule has 0 atom stereocenters. The first kappa shape index (κ1) is 11.6. The number of aromatic nitrogens is 1. The highest BCUT2D eigenvalue weighted by Crippen LogP contribution is 2.28. The van der Waals surface area contributed by atoms with Crippen molar-refractivity contribution in [3.8, 4) is 17.2 Å². The molecular weight excluding hydrogens is 223 g/mol. The SMILES string of the molecule is CCOc1nccc(-c2ccc(CN)o2)c1F. The first-order valence-electron chi connectivity index (χ1n) is 5.32. The Morgan fingerprint density at radius 3 is 2.88 bits per heavy atom. The molecule has 0 aliphatic carbocycles. The zero-order chi connectivity index (χ0) is 12.3. The lowest BCUT2D eigenvalue weighted by molar-refractivity contribution is 0.307. The smallest absolute Gasteiger partial charge is 0.251 e. The van der Waals surface area contributed by atoms with Gasteiger partial charge in [0.15, 0.2) is 5.82 Å². The van der Waals surface area contributed by atoms with Gasteiger partial charge in [0.25, 0.3) is 5.88 Å². The summed E-state index contributed by atoms with van der Waals surface area (Å²) in [7, 11) is 0. The van der Waals surface area contributed by atoms with E-state index in [4.69, 9.17) is 14.9 Å². The van der Waals surface area contributed by atoms with Crippen molar-refractivity contribution in [1.82, 2.24) is 4.98 Å². The fraction of sp³-hybridized carbons (Fsp3) is 0.250. The van der Waals surface area contributed by atoms with Crippen molar-refractivity contribution >= 4 is 0 Å². The summed E-state index contributed by atoms with van der Waals surface area (Å²) in [6.07, 6.45) is 1.48. The Hall–Kier alpha value is -1.88. The van der Waals surface area contributed by atoms with Crippen LogP contribution in [0.4, 0.5) is 4.39 Å². The minimum atomic E-state index is -0.521. The molecule has 0 radical (unpaired) electrons. The molecule has 0 spiro atoms. The minimum Gasteiger partial charge on any atom is -0.476 e. The quantitative estimate of drug-likeness (QED) is 0.885. The van der Waals surface area contributed by atoms with Crippen molar-refractivity contribution in [3.63, 3.8) is 0 Å². The molecule has 4 nitrogen and oxygen atoms in total. The molecule has 0 bridgehead atoms. The molecule has 0 aliphatic rings. The van der Waals surface area contributed by atoms with Gasteiger partial charge in [-0.05, 0) is 25.1 Å². The van der Waals surface area contributed by atoms with Gasteiger partial charge in [-0.2, -0.15) is 0 Å². The van der Waals surface area contributed by atoms with Crippen molar-refractivity contribution in [3.05, 3.63) is 36.0 Å². The fourth-order valence-electron chi connectivity index (χ4n) is 1.48. The number of nitrogens with two attached hydrogens (primary N) is 1. The molecule has 0 saturated carbocycles. The van der Waals surface area contributed by atoms with Crippen LogP contribution in [-0.2, 0) is 6.54 Å². The van der Waals surface area contributed by atoms with E-state index >= 15 is 0 Å². The Balaban J connectivity index is 2.41. The number of hydrogen-bond donors (Lipinski definition) is 1. The maximum absolute atomic E-state index is 14.0. The van der Waals surface area contributed by atoms with E-state index in [9.17, 15) is 4.39 Å². The molecule has 2 N–H and O–H groups in total. The second kappa shape index (κ2) is 4.97. The van der Waals surface area contributed by atoms with E-state index in [1.165, 1.54) is 12.3 Å².